The number of hydrogen-bond donors (Lipinski definition) is 0. The molecule has 0 aliphatic rings. The molecule has 0 spiro atoms. The van der Waals surface area contributed by atoms with Crippen molar-refractivity contribution in [1.29, 1.82) is 0 Å². The fourth-order valence-electron chi connectivity index (χ4n) is 2.10. The van der Waals surface area contributed by atoms with Gasteiger partial charge in [0, 0.05) is 25.6 Å². The number of esters is 1. The van der Waals surface area contributed by atoms with Crippen LogP contribution in [-0.2, 0) is 20.9 Å². The van der Waals surface area contributed by atoms with Crippen LogP contribution in [0.15, 0.2) is 12.1 Å². The molecular weight excluding hydrogens is 302 g/mol. The molecule has 0 aliphatic heterocycles. The maximum Gasteiger partial charge on any atom is 0.307 e. The van der Waals surface area contributed by atoms with E-state index in [-0.39, 0.29) is 31.4 Å². The van der Waals surface area contributed by atoms with Crippen molar-refractivity contribution in [3.05, 3.63) is 17.7 Å². The summed E-state index contributed by atoms with van der Waals surface area (Å²) in [6.45, 7) is 1.95. The standard InChI is InChI=1S/C16H23NO6/c1-11(18)17(7-6-16(19)23-5)10-13-14(21-3)8-12(20-2)9-15(13)22-4/h8-9H,6-7,10H2,1-5H3. The molecule has 1 aromatic carbocycles. The van der Waals surface area contributed by atoms with Crippen LogP contribution < -0.4 is 14.2 Å². The van der Waals surface area contributed by atoms with Gasteiger partial charge < -0.3 is 23.8 Å². The number of amides is 1. The van der Waals surface area contributed by atoms with E-state index >= 15 is 0 Å². The van der Waals surface area contributed by atoms with Crippen LogP contribution in [0.4, 0.5) is 0 Å². The van der Waals surface area contributed by atoms with Gasteiger partial charge in [-0.2, -0.15) is 0 Å². The van der Waals surface area contributed by atoms with Crippen LogP contribution in [-0.4, -0.2) is 51.8 Å². The first-order valence-electron chi connectivity index (χ1n) is 7.08. The van der Waals surface area contributed by atoms with E-state index in [2.05, 4.69) is 4.74 Å². The summed E-state index contributed by atoms with van der Waals surface area (Å²) in [6.07, 6.45) is 0.122. The lowest BCUT2D eigenvalue weighted by atomic mass is 10.1. The van der Waals surface area contributed by atoms with E-state index in [1.807, 2.05) is 0 Å². The molecule has 0 saturated carbocycles. The minimum absolute atomic E-state index is 0.122. The zero-order chi connectivity index (χ0) is 17.4. The minimum Gasteiger partial charge on any atom is -0.496 e. The smallest absolute Gasteiger partial charge is 0.307 e. The SMILES string of the molecule is COC(=O)CCN(Cc1c(OC)cc(OC)cc1OC)C(C)=O. The van der Waals surface area contributed by atoms with Gasteiger partial charge in [-0.3, -0.25) is 9.59 Å². The molecule has 0 aromatic heterocycles. The molecule has 7 heteroatoms. The third-order valence-corrected chi connectivity index (χ3v) is 3.42. The number of ether oxygens (including phenoxy) is 4. The largest absolute Gasteiger partial charge is 0.496 e. The maximum atomic E-state index is 11.8. The van der Waals surface area contributed by atoms with Gasteiger partial charge >= 0.3 is 5.97 Å². The Hall–Kier alpha value is -2.44. The average molecular weight is 325 g/mol. The molecule has 1 amide bonds. The van der Waals surface area contributed by atoms with Crippen LogP contribution >= 0.6 is 0 Å². The van der Waals surface area contributed by atoms with Gasteiger partial charge in [0.05, 0.1) is 47.0 Å². The average Bonchev–Trinajstić information content (AvgIpc) is 2.57. The molecule has 0 bridgehead atoms. The molecule has 0 unspecified atom stereocenters. The summed E-state index contributed by atoms with van der Waals surface area (Å²) in [5.41, 5.74) is 0.705. The Morgan fingerprint density at radius 3 is 1.96 bits per heavy atom. The monoisotopic (exact) mass is 325 g/mol. The zero-order valence-corrected chi connectivity index (χ0v) is 14.2. The molecule has 1 aromatic rings. The first kappa shape index (κ1) is 18.6. The number of hydrogen-bond acceptors (Lipinski definition) is 6. The van der Waals surface area contributed by atoms with Crippen LogP contribution in [0, 0.1) is 0 Å². The van der Waals surface area contributed by atoms with Gasteiger partial charge in [-0.25, -0.2) is 0 Å². The lowest BCUT2D eigenvalue weighted by Crippen LogP contribution is -2.31. The van der Waals surface area contributed by atoms with Gasteiger partial charge in [0.25, 0.3) is 0 Å². The highest BCUT2D eigenvalue weighted by atomic mass is 16.5. The molecule has 23 heavy (non-hydrogen) atoms. The summed E-state index contributed by atoms with van der Waals surface area (Å²) in [5.74, 6) is 1.15. The van der Waals surface area contributed by atoms with E-state index in [4.69, 9.17) is 14.2 Å². The number of carbonyl (C=O) groups excluding carboxylic acids is 2. The predicted molar refractivity (Wildman–Crippen MR) is 83.8 cm³/mol. The molecule has 0 fully saturated rings. The number of carbonyl (C=O) groups is 2. The third kappa shape index (κ3) is 5.05. The summed E-state index contributed by atoms with van der Waals surface area (Å²) in [7, 11) is 5.93. The minimum atomic E-state index is -0.370. The van der Waals surface area contributed by atoms with Gasteiger partial charge in [-0.1, -0.05) is 0 Å². The van der Waals surface area contributed by atoms with Crippen molar-refractivity contribution in [2.45, 2.75) is 19.9 Å². The number of rotatable bonds is 8. The Bertz CT molecular complexity index is 532. The highest BCUT2D eigenvalue weighted by Crippen LogP contribution is 2.35. The van der Waals surface area contributed by atoms with Gasteiger partial charge in [0.2, 0.25) is 5.91 Å². The van der Waals surface area contributed by atoms with E-state index in [9.17, 15) is 9.59 Å². The van der Waals surface area contributed by atoms with Crippen LogP contribution in [0.1, 0.15) is 18.9 Å². The van der Waals surface area contributed by atoms with E-state index in [1.165, 1.54) is 33.2 Å². The van der Waals surface area contributed by atoms with Gasteiger partial charge in [0.1, 0.15) is 17.2 Å². The predicted octanol–water partition coefficient (Wildman–Crippen LogP) is 1.62. The Kier molecular flexibility index (Phi) is 7.18. The molecule has 0 radical (unpaired) electrons. The van der Waals surface area contributed by atoms with Crippen molar-refractivity contribution in [3.8, 4) is 17.2 Å². The van der Waals surface area contributed by atoms with Crippen LogP contribution in [0.2, 0.25) is 0 Å². The van der Waals surface area contributed by atoms with E-state index < -0.39 is 0 Å². The summed E-state index contributed by atoms with van der Waals surface area (Å²) >= 11 is 0. The van der Waals surface area contributed by atoms with Gasteiger partial charge in [-0.15, -0.1) is 0 Å². The molecule has 128 valence electrons. The maximum absolute atomic E-state index is 11.8. The van der Waals surface area contributed by atoms with Crippen molar-refractivity contribution in [2.75, 3.05) is 35.0 Å². The van der Waals surface area contributed by atoms with Crippen molar-refractivity contribution in [3.63, 3.8) is 0 Å². The summed E-state index contributed by atoms with van der Waals surface area (Å²) in [4.78, 5) is 24.7. The first-order chi connectivity index (χ1) is 11.0. The summed E-state index contributed by atoms with van der Waals surface area (Å²) in [5, 5.41) is 0. The normalized spacial score (nSPS) is 9.96. The Labute approximate surface area is 136 Å². The third-order valence-electron chi connectivity index (χ3n) is 3.42. The Morgan fingerprint density at radius 1 is 1.00 bits per heavy atom. The highest BCUT2D eigenvalue weighted by molar-refractivity contribution is 5.75. The molecule has 7 nitrogen and oxygen atoms in total. The molecule has 0 aliphatic carbocycles. The van der Waals surface area contributed by atoms with E-state index in [0.29, 0.717) is 22.8 Å². The van der Waals surface area contributed by atoms with Crippen LogP contribution in [0.5, 0.6) is 17.2 Å². The molecule has 1 rings (SSSR count). The van der Waals surface area contributed by atoms with Gasteiger partial charge in [-0.05, 0) is 0 Å². The van der Waals surface area contributed by atoms with Crippen molar-refractivity contribution < 1.29 is 28.5 Å². The fourth-order valence-corrected chi connectivity index (χ4v) is 2.10. The van der Waals surface area contributed by atoms with Crippen molar-refractivity contribution >= 4 is 11.9 Å². The number of benzene rings is 1. The summed E-state index contributed by atoms with van der Waals surface area (Å²) < 4.78 is 20.5. The Morgan fingerprint density at radius 2 is 1.57 bits per heavy atom. The molecular formula is C16H23NO6. The number of nitrogens with zero attached hydrogens (tertiary/aromatic N) is 1. The second-order valence-corrected chi connectivity index (χ2v) is 4.78. The van der Waals surface area contributed by atoms with E-state index in [1.54, 1.807) is 19.2 Å². The highest BCUT2D eigenvalue weighted by Gasteiger charge is 2.19. The van der Waals surface area contributed by atoms with Crippen LogP contribution in [0.3, 0.4) is 0 Å². The van der Waals surface area contributed by atoms with Crippen molar-refractivity contribution in [1.82, 2.24) is 4.90 Å². The van der Waals surface area contributed by atoms with Gasteiger partial charge in [0.15, 0.2) is 0 Å². The topological polar surface area (TPSA) is 74.3 Å². The molecule has 0 atom stereocenters. The number of methoxy groups -OCH3 is 4. The van der Waals surface area contributed by atoms with Crippen molar-refractivity contribution in [2.24, 2.45) is 0 Å². The first-order valence-corrected chi connectivity index (χ1v) is 7.08. The molecule has 0 heterocycles. The quantitative estimate of drug-likeness (QED) is 0.676. The second-order valence-electron chi connectivity index (χ2n) is 4.78. The van der Waals surface area contributed by atoms with Crippen LogP contribution in [0.25, 0.3) is 0 Å². The fraction of sp³-hybridized carbons (Fsp3) is 0.500. The lowest BCUT2D eigenvalue weighted by Gasteiger charge is -2.23. The second kappa shape index (κ2) is 8.87. The Balaban J connectivity index is 3.07. The van der Waals surface area contributed by atoms with E-state index in [0.717, 1.165) is 0 Å². The molecule has 0 N–H and O–H groups in total. The zero-order valence-electron chi connectivity index (χ0n) is 14.2. The lowest BCUT2D eigenvalue weighted by molar-refractivity contribution is -0.141. The summed E-state index contributed by atoms with van der Waals surface area (Å²) in [6, 6.07) is 3.44. The molecule has 0 saturated heterocycles.